The summed E-state index contributed by atoms with van der Waals surface area (Å²) in [6.45, 7) is 0.857. The first kappa shape index (κ1) is 18.9. The van der Waals surface area contributed by atoms with Gasteiger partial charge in [-0.05, 0) is 41.8 Å². The highest BCUT2D eigenvalue weighted by molar-refractivity contribution is 6.31. The van der Waals surface area contributed by atoms with E-state index in [9.17, 15) is 9.18 Å². The SMILES string of the molecule is O=C(NCc1ccccc1Cl)c1ccnc(NCCc2ccccc2F)c1. The Balaban J connectivity index is 1.55. The van der Waals surface area contributed by atoms with Crippen LogP contribution in [0.25, 0.3) is 0 Å². The van der Waals surface area contributed by atoms with Crippen molar-refractivity contribution in [3.8, 4) is 0 Å². The summed E-state index contributed by atoms with van der Waals surface area (Å²) >= 11 is 6.10. The van der Waals surface area contributed by atoms with E-state index < -0.39 is 0 Å². The number of anilines is 1. The summed E-state index contributed by atoms with van der Waals surface area (Å²) < 4.78 is 13.6. The first-order chi connectivity index (χ1) is 13.1. The van der Waals surface area contributed by atoms with Crippen molar-refractivity contribution in [3.05, 3.63) is 94.4 Å². The number of hydrogen-bond acceptors (Lipinski definition) is 3. The Hall–Kier alpha value is -2.92. The van der Waals surface area contributed by atoms with Crippen molar-refractivity contribution in [3.63, 3.8) is 0 Å². The van der Waals surface area contributed by atoms with Gasteiger partial charge in [0.2, 0.25) is 0 Å². The van der Waals surface area contributed by atoms with E-state index in [-0.39, 0.29) is 11.7 Å². The molecule has 0 unspecified atom stereocenters. The standard InChI is InChI=1S/C21H19ClFN3O/c22-18-7-3-1-6-17(18)14-26-21(27)16-10-12-25-20(13-16)24-11-9-15-5-2-4-8-19(15)23/h1-8,10,12-13H,9,11,14H2,(H,24,25)(H,26,27). The molecule has 0 saturated heterocycles. The highest BCUT2D eigenvalue weighted by Crippen LogP contribution is 2.15. The minimum atomic E-state index is -0.222. The van der Waals surface area contributed by atoms with Gasteiger partial charge in [-0.15, -0.1) is 0 Å². The third kappa shape index (κ3) is 5.28. The number of nitrogens with zero attached hydrogens (tertiary/aromatic N) is 1. The number of halogens is 2. The molecule has 0 spiro atoms. The Labute approximate surface area is 162 Å². The molecule has 1 heterocycles. The number of pyridine rings is 1. The largest absolute Gasteiger partial charge is 0.370 e. The van der Waals surface area contributed by atoms with E-state index in [1.165, 1.54) is 6.07 Å². The van der Waals surface area contributed by atoms with Crippen molar-refractivity contribution in [1.29, 1.82) is 0 Å². The third-order valence-corrected chi connectivity index (χ3v) is 4.45. The molecule has 0 saturated carbocycles. The molecule has 4 nitrogen and oxygen atoms in total. The van der Waals surface area contributed by atoms with E-state index in [0.29, 0.717) is 41.5 Å². The Bertz CT molecular complexity index is 933. The van der Waals surface area contributed by atoms with Crippen LogP contribution in [0.1, 0.15) is 21.5 Å². The highest BCUT2D eigenvalue weighted by atomic mass is 35.5. The fraction of sp³-hybridized carbons (Fsp3) is 0.143. The number of nitrogens with one attached hydrogen (secondary N) is 2. The van der Waals surface area contributed by atoms with Crippen LogP contribution in [-0.2, 0) is 13.0 Å². The molecule has 1 aromatic heterocycles. The number of rotatable bonds is 7. The molecule has 0 bridgehead atoms. The lowest BCUT2D eigenvalue weighted by Gasteiger charge is -2.09. The van der Waals surface area contributed by atoms with Gasteiger partial charge in [0.1, 0.15) is 11.6 Å². The van der Waals surface area contributed by atoms with Gasteiger partial charge in [0.05, 0.1) is 0 Å². The summed E-state index contributed by atoms with van der Waals surface area (Å²) in [5.41, 5.74) is 1.98. The maximum atomic E-state index is 13.6. The molecular formula is C21H19ClFN3O. The normalized spacial score (nSPS) is 10.4. The smallest absolute Gasteiger partial charge is 0.251 e. The minimum absolute atomic E-state index is 0.213. The van der Waals surface area contributed by atoms with Crippen LogP contribution in [0.4, 0.5) is 10.2 Å². The molecule has 0 aliphatic carbocycles. The van der Waals surface area contributed by atoms with E-state index in [1.807, 2.05) is 18.2 Å². The number of benzene rings is 2. The van der Waals surface area contributed by atoms with Gasteiger partial charge in [-0.3, -0.25) is 4.79 Å². The molecule has 1 amide bonds. The summed E-state index contributed by atoms with van der Waals surface area (Å²) in [6, 6.07) is 17.3. The lowest BCUT2D eigenvalue weighted by molar-refractivity contribution is 0.0951. The molecule has 138 valence electrons. The molecule has 0 aliphatic rings. The molecule has 2 aromatic carbocycles. The summed E-state index contributed by atoms with van der Waals surface area (Å²) in [5, 5.41) is 6.58. The van der Waals surface area contributed by atoms with Gasteiger partial charge in [0, 0.05) is 29.9 Å². The highest BCUT2D eigenvalue weighted by Gasteiger charge is 2.08. The Morgan fingerprint density at radius 2 is 1.78 bits per heavy atom. The Morgan fingerprint density at radius 1 is 1.04 bits per heavy atom. The fourth-order valence-electron chi connectivity index (χ4n) is 2.61. The fourth-order valence-corrected chi connectivity index (χ4v) is 2.82. The average Bonchev–Trinajstić information content (AvgIpc) is 2.69. The Kier molecular flexibility index (Phi) is 6.39. The van der Waals surface area contributed by atoms with Crippen molar-refractivity contribution >= 4 is 23.3 Å². The molecule has 2 N–H and O–H groups in total. The second-order valence-corrected chi connectivity index (χ2v) is 6.38. The predicted octanol–water partition coefficient (Wildman–Crippen LogP) is 4.46. The van der Waals surface area contributed by atoms with Gasteiger partial charge < -0.3 is 10.6 Å². The number of carbonyl (C=O) groups is 1. The zero-order valence-electron chi connectivity index (χ0n) is 14.6. The topological polar surface area (TPSA) is 54.0 Å². The Morgan fingerprint density at radius 3 is 2.56 bits per heavy atom. The van der Waals surface area contributed by atoms with Crippen LogP contribution < -0.4 is 10.6 Å². The lowest BCUT2D eigenvalue weighted by atomic mass is 10.1. The summed E-state index contributed by atoms with van der Waals surface area (Å²) in [6.07, 6.45) is 2.09. The average molecular weight is 384 g/mol. The lowest BCUT2D eigenvalue weighted by Crippen LogP contribution is -2.23. The van der Waals surface area contributed by atoms with Crippen LogP contribution in [0.2, 0.25) is 5.02 Å². The predicted molar refractivity (Wildman–Crippen MR) is 105 cm³/mol. The van der Waals surface area contributed by atoms with Gasteiger partial charge in [-0.2, -0.15) is 0 Å². The minimum Gasteiger partial charge on any atom is -0.370 e. The van der Waals surface area contributed by atoms with E-state index in [0.717, 1.165) is 5.56 Å². The van der Waals surface area contributed by atoms with Crippen molar-refractivity contribution in [2.75, 3.05) is 11.9 Å². The van der Waals surface area contributed by atoms with Crippen molar-refractivity contribution in [2.24, 2.45) is 0 Å². The molecule has 3 aromatic rings. The van der Waals surface area contributed by atoms with Crippen molar-refractivity contribution in [2.45, 2.75) is 13.0 Å². The van der Waals surface area contributed by atoms with Gasteiger partial charge in [0.25, 0.3) is 5.91 Å². The second-order valence-electron chi connectivity index (χ2n) is 5.97. The van der Waals surface area contributed by atoms with Crippen LogP contribution in [0.3, 0.4) is 0 Å². The van der Waals surface area contributed by atoms with E-state index in [1.54, 1.807) is 42.6 Å². The van der Waals surface area contributed by atoms with E-state index >= 15 is 0 Å². The van der Waals surface area contributed by atoms with Crippen LogP contribution in [0.5, 0.6) is 0 Å². The molecule has 0 fully saturated rings. The van der Waals surface area contributed by atoms with E-state index in [4.69, 9.17) is 11.6 Å². The quantitative estimate of drug-likeness (QED) is 0.633. The van der Waals surface area contributed by atoms with Gasteiger partial charge >= 0.3 is 0 Å². The van der Waals surface area contributed by atoms with Crippen molar-refractivity contribution in [1.82, 2.24) is 10.3 Å². The summed E-state index contributed by atoms with van der Waals surface area (Å²) in [5.74, 6) is 0.131. The van der Waals surface area contributed by atoms with Crippen LogP contribution >= 0.6 is 11.6 Å². The summed E-state index contributed by atoms with van der Waals surface area (Å²) in [7, 11) is 0. The van der Waals surface area contributed by atoms with Gasteiger partial charge in [-0.1, -0.05) is 48.0 Å². The first-order valence-corrected chi connectivity index (χ1v) is 8.96. The monoisotopic (exact) mass is 383 g/mol. The number of carbonyl (C=O) groups excluding carboxylic acids is 1. The molecule has 27 heavy (non-hydrogen) atoms. The van der Waals surface area contributed by atoms with Crippen LogP contribution in [0, 0.1) is 5.82 Å². The zero-order valence-corrected chi connectivity index (χ0v) is 15.3. The zero-order chi connectivity index (χ0) is 19.1. The number of hydrogen-bond donors (Lipinski definition) is 2. The molecular weight excluding hydrogens is 365 g/mol. The van der Waals surface area contributed by atoms with Crippen LogP contribution in [-0.4, -0.2) is 17.4 Å². The molecule has 0 atom stereocenters. The molecule has 0 radical (unpaired) electrons. The molecule has 0 aliphatic heterocycles. The van der Waals surface area contributed by atoms with Gasteiger partial charge in [0.15, 0.2) is 0 Å². The van der Waals surface area contributed by atoms with Crippen molar-refractivity contribution < 1.29 is 9.18 Å². The second kappa shape index (κ2) is 9.14. The summed E-state index contributed by atoms with van der Waals surface area (Å²) in [4.78, 5) is 16.6. The first-order valence-electron chi connectivity index (χ1n) is 8.58. The van der Waals surface area contributed by atoms with E-state index in [2.05, 4.69) is 15.6 Å². The molecule has 6 heteroatoms. The maximum Gasteiger partial charge on any atom is 0.251 e. The molecule has 3 rings (SSSR count). The van der Waals surface area contributed by atoms with Gasteiger partial charge in [-0.25, -0.2) is 9.37 Å². The number of amides is 1. The maximum absolute atomic E-state index is 13.6. The number of aromatic nitrogens is 1. The third-order valence-electron chi connectivity index (χ3n) is 4.08. The van der Waals surface area contributed by atoms with Crippen LogP contribution in [0.15, 0.2) is 66.9 Å².